The Balaban J connectivity index is 2.89. The Morgan fingerprint density at radius 2 is 2.04 bits per heavy atom. The Kier molecular flexibility index (Phi) is 9.39. The molecule has 0 aromatic heterocycles. The van der Waals surface area contributed by atoms with Crippen molar-refractivity contribution in [3.8, 4) is 5.75 Å². The van der Waals surface area contributed by atoms with E-state index in [4.69, 9.17) is 15.6 Å². The van der Waals surface area contributed by atoms with Crippen LogP contribution in [0.2, 0.25) is 0 Å². The number of thioether (sulfide) groups is 1. The molecule has 5 heteroatoms. The highest BCUT2D eigenvalue weighted by molar-refractivity contribution is 8.03. The maximum Gasteiger partial charge on any atom is 0.307 e. The van der Waals surface area contributed by atoms with Crippen molar-refractivity contribution in [1.82, 2.24) is 0 Å². The van der Waals surface area contributed by atoms with Crippen LogP contribution in [0.1, 0.15) is 39.7 Å². The fraction of sp³-hybridized carbons (Fsp3) is 0.450. The summed E-state index contributed by atoms with van der Waals surface area (Å²) >= 11 is 1.77. The number of carbonyl (C=O) groups is 1. The predicted molar refractivity (Wildman–Crippen MR) is 106 cm³/mol. The number of carboxylic acids is 1. The Bertz CT molecular complexity index is 625. The van der Waals surface area contributed by atoms with Gasteiger partial charge in [-0.3, -0.25) is 4.79 Å². The van der Waals surface area contributed by atoms with Gasteiger partial charge in [0.25, 0.3) is 0 Å². The van der Waals surface area contributed by atoms with E-state index in [2.05, 4.69) is 26.8 Å². The van der Waals surface area contributed by atoms with Crippen molar-refractivity contribution in [1.29, 1.82) is 0 Å². The van der Waals surface area contributed by atoms with Crippen molar-refractivity contribution in [2.45, 2.75) is 45.8 Å². The zero-order valence-electron chi connectivity index (χ0n) is 15.5. The van der Waals surface area contributed by atoms with Crippen molar-refractivity contribution in [2.75, 3.05) is 6.54 Å². The number of rotatable bonds is 10. The highest BCUT2D eigenvalue weighted by atomic mass is 32.2. The van der Waals surface area contributed by atoms with E-state index in [9.17, 15) is 4.79 Å². The molecule has 0 saturated heterocycles. The van der Waals surface area contributed by atoms with Crippen LogP contribution in [0, 0.1) is 5.92 Å². The molecular weight excluding hydrogens is 334 g/mol. The molecule has 3 N–H and O–H groups in total. The van der Waals surface area contributed by atoms with Gasteiger partial charge in [0.15, 0.2) is 0 Å². The average molecular weight is 364 g/mol. The number of hydrogen-bond acceptors (Lipinski definition) is 4. The van der Waals surface area contributed by atoms with Gasteiger partial charge in [-0.05, 0) is 30.4 Å². The zero-order valence-corrected chi connectivity index (χ0v) is 16.3. The quantitative estimate of drug-likeness (QED) is 0.594. The Hall–Kier alpha value is -1.72. The van der Waals surface area contributed by atoms with E-state index < -0.39 is 5.97 Å². The van der Waals surface area contributed by atoms with Crippen molar-refractivity contribution < 1.29 is 14.6 Å². The summed E-state index contributed by atoms with van der Waals surface area (Å²) in [4.78, 5) is 12.2. The van der Waals surface area contributed by atoms with Gasteiger partial charge in [-0.25, -0.2) is 0 Å². The minimum Gasteiger partial charge on any atom is -0.481 e. The first-order valence-corrected chi connectivity index (χ1v) is 9.50. The lowest BCUT2D eigenvalue weighted by Crippen LogP contribution is -2.18. The Labute approximate surface area is 155 Å². The molecule has 0 bridgehead atoms. The first-order valence-electron chi connectivity index (χ1n) is 8.62. The van der Waals surface area contributed by atoms with Gasteiger partial charge in [-0.15, -0.1) is 11.8 Å². The van der Waals surface area contributed by atoms with Crippen LogP contribution < -0.4 is 10.5 Å². The van der Waals surface area contributed by atoms with Crippen LogP contribution in [0.3, 0.4) is 0 Å². The second-order valence-corrected chi connectivity index (χ2v) is 7.37. The molecule has 138 valence electrons. The van der Waals surface area contributed by atoms with E-state index in [1.54, 1.807) is 17.8 Å². The maximum atomic E-state index is 11.0. The fourth-order valence-electron chi connectivity index (χ4n) is 2.43. The predicted octanol–water partition coefficient (Wildman–Crippen LogP) is 4.61. The molecule has 1 aromatic carbocycles. The minimum atomic E-state index is -0.868. The average Bonchev–Trinajstić information content (AvgIpc) is 2.59. The van der Waals surface area contributed by atoms with Crippen LogP contribution >= 0.6 is 11.8 Å². The molecule has 1 rings (SSSR count). The molecule has 0 aliphatic heterocycles. The molecule has 1 aromatic rings. The number of benzene rings is 1. The third-order valence-corrected chi connectivity index (χ3v) is 5.37. The van der Waals surface area contributed by atoms with Crippen molar-refractivity contribution in [2.24, 2.45) is 11.7 Å². The molecule has 0 fully saturated rings. The number of carboxylic acid groups (broad SMARTS) is 1. The summed E-state index contributed by atoms with van der Waals surface area (Å²) in [6, 6.07) is 7.28. The topological polar surface area (TPSA) is 72.5 Å². The molecule has 4 nitrogen and oxygen atoms in total. The van der Waals surface area contributed by atoms with Gasteiger partial charge < -0.3 is 15.6 Å². The van der Waals surface area contributed by atoms with Crippen LogP contribution in [0.15, 0.2) is 47.1 Å². The number of ether oxygens (including phenoxy) is 1. The van der Waals surface area contributed by atoms with Crippen molar-refractivity contribution in [3.05, 3.63) is 52.6 Å². The molecule has 0 spiro atoms. The van der Waals surface area contributed by atoms with Crippen LogP contribution in [0.25, 0.3) is 0 Å². The largest absolute Gasteiger partial charge is 0.481 e. The van der Waals surface area contributed by atoms with Gasteiger partial charge in [0.05, 0.1) is 6.42 Å². The van der Waals surface area contributed by atoms with Gasteiger partial charge in [-0.2, -0.15) is 0 Å². The highest BCUT2D eigenvalue weighted by Crippen LogP contribution is 2.32. The SMILES string of the molecule is C/C=C(/Oc1ccccc1CC(=O)O)[C@H](C)C(C)S/C(=C\CC)CN. The summed E-state index contributed by atoms with van der Waals surface area (Å²) in [7, 11) is 0. The maximum absolute atomic E-state index is 11.0. The van der Waals surface area contributed by atoms with Crippen LogP contribution in [-0.4, -0.2) is 22.9 Å². The Morgan fingerprint density at radius 3 is 2.60 bits per heavy atom. The van der Waals surface area contributed by atoms with Crippen LogP contribution in [-0.2, 0) is 11.2 Å². The second-order valence-electron chi connectivity index (χ2n) is 5.87. The normalized spacial score (nSPS) is 14.9. The third kappa shape index (κ3) is 6.96. The molecule has 0 amide bonds. The van der Waals surface area contributed by atoms with E-state index in [-0.39, 0.29) is 12.3 Å². The summed E-state index contributed by atoms with van der Waals surface area (Å²) in [5.41, 5.74) is 6.49. The number of allylic oxidation sites excluding steroid dienone is 3. The lowest BCUT2D eigenvalue weighted by molar-refractivity contribution is -0.136. The summed E-state index contributed by atoms with van der Waals surface area (Å²) in [5.74, 6) is 0.739. The van der Waals surface area contributed by atoms with Crippen molar-refractivity contribution in [3.63, 3.8) is 0 Å². The van der Waals surface area contributed by atoms with Crippen LogP contribution in [0.5, 0.6) is 5.75 Å². The van der Waals surface area contributed by atoms with Gasteiger partial charge in [-0.1, -0.05) is 45.0 Å². The molecule has 0 aliphatic rings. The number of hydrogen-bond donors (Lipinski definition) is 2. The first-order chi connectivity index (χ1) is 11.9. The smallest absolute Gasteiger partial charge is 0.307 e. The van der Waals surface area contributed by atoms with E-state index in [1.165, 1.54) is 4.91 Å². The third-order valence-electron chi connectivity index (χ3n) is 3.95. The number of aliphatic carboxylic acids is 1. The standard InChI is InChI=1S/C20H29NO3S/c1-5-9-17(13-21)25-15(4)14(3)18(6-2)24-19-11-8-7-10-16(19)12-20(22)23/h6-11,14-15H,5,12-13,21H2,1-4H3,(H,22,23)/b17-9-,18-6+/t14-,15?/m1/s1. The summed E-state index contributed by atoms with van der Waals surface area (Å²) < 4.78 is 6.09. The van der Waals surface area contributed by atoms with Crippen LogP contribution in [0.4, 0.5) is 0 Å². The molecule has 0 aliphatic carbocycles. The molecule has 0 saturated carbocycles. The van der Waals surface area contributed by atoms with Gasteiger partial charge in [0.1, 0.15) is 11.5 Å². The zero-order chi connectivity index (χ0) is 18.8. The van der Waals surface area contributed by atoms with E-state index in [0.29, 0.717) is 23.1 Å². The molecule has 1 unspecified atom stereocenters. The van der Waals surface area contributed by atoms with E-state index >= 15 is 0 Å². The lowest BCUT2D eigenvalue weighted by Gasteiger charge is -2.24. The first kappa shape index (κ1) is 21.3. The Morgan fingerprint density at radius 1 is 1.36 bits per heavy atom. The monoisotopic (exact) mass is 363 g/mol. The minimum absolute atomic E-state index is 0.0532. The molecule has 25 heavy (non-hydrogen) atoms. The second kappa shape index (κ2) is 11.0. The van der Waals surface area contributed by atoms with Gasteiger partial charge >= 0.3 is 5.97 Å². The fourth-order valence-corrected chi connectivity index (χ4v) is 3.61. The summed E-state index contributed by atoms with van der Waals surface area (Å²) in [6.07, 6.45) is 5.02. The van der Waals surface area contributed by atoms with Gasteiger partial charge in [0.2, 0.25) is 0 Å². The summed E-state index contributed by atoms with van der Waals surface area (Å²) in [5, 5.41) is 9.36. The van der Waals surface area contributed by atoms with Gasteiger partial charge in [0, 0.05) is 23.3 Å². The highest BCUT2D eigenvalue weighted by Gasteiger charge is 2.21. The lowest BCUT2D eigenvalue weighted by atomic mass is 10.1. The molecular formula is C20H29NO3S. The molecule has 2 atom stereocenters. The number of nitrogens with two attached hydrogens (primary N) is 1. The van der Waals surface area contributed by atoms with E-state index in [1.807, 2.05) is 31.2 Å². The molecule has 0 heterocycles. The molecule has 0 radical (unpaired) electrons. The van der Waals surface area contributed by atoms with Crippen molar-refractivity contribution >= 4 is 17.7 Å². The van der Waals surface area contributed by atoms with E-state index in [0.717, 1.165) is 12.2 Å². The number of para-hydroxylation sites is 1. The summed E-state index contributed by atoms with van der Waals surface area (Å²) in [6.45, 7) is 8.86.